The summed E-state index contributed by atoms with van der Waals surface area (Å²) in [6.07, 6.45) is -0.982. The minimum absolute atomic E-state index is 0.318. The predicted octanol–water partition coefficient (Wildman–Crippen LogP) is 5.54. The van der Waals surface area contributed by atoms with Crippen LogP contribution in [0.25, 0.3) is 16.9 Å². The highest BCUT2D eigenvalue weighted by Crippen LogP contribution is 2.25. The quantitative estimate of drug-likeness (QED) is 0.462. The highest BCUT2D eigenvalue weighted by atomic mass is 19.4. The van der Waals surface area contributed by atoms with Crippen molar-refractivity contribution in [2.45, 2.75) is 6.36 Å². The summed E-state index contributed by atoms with van der Waals surface area (Å²) in [5, 5.41) is 5.25. The molecule has 0 aliphatic heterocycles. The molecular formula is C21H15F3N4O2. The summed E-state index contributed by atoms with van der Waals surface area (Å²) in [5.74, 6) is -0.367. The molecule has 0 saturated heterocycles. The number of hydrogen-bond acceptors (Lipinski definition) is 3. The Morgan fingerprint density at radius 3 is 2.43 bits per heavy atom. The van der Waals surface area contributed by atoms with Crippen LogP contribution in [0, 0.1) is 0 Å². The lowest BCUT2D eigenvalue weighted by atomic mass is 10.1. The Bertz CT molecular complexity index is 1150. The molecule has 2 N–H and O–H groups in total. The van der Waals surface area contributed by atoms with Crippen LogP contribution in [0.1, 0.15) is 0 Å². The van der Waals surface area contributed by atoms with E-state index in [1.54, 1.807) is 18.2 Å². The van der Waals surface area contributed by atoms with Crippen molar-refractivity contribution in [3.63, 3.8) is 0 Å². The van der Waals surface area contributed by atoms with Gasteiger partial charge in [0.15, 0.2) is 0 Å². The number of pyridine rings is 1. The molecule has 30 heavy (non-hydrogen) atoms. The van der Waals surface area contributed by atoms with E-state index in [9.17, 15) is 18.0 Å². The Balaban J connectivity index is 1.43. The molecule has 9 heteroatoms. The lowest BCUT2D eigenvalue weighted by molar-refractivity contribution is -0.274. The number of imidazole rings is 1. The number of aromatic nitrogens is 2. The lowest BCUT2D eigenvalue weighted by Crippen LogP contribution is -2.19. The largest absolute Gasteiger partial charge is 0.573 e. The van der Waals surface area contributed by atoms with Crippen LogP contribution in [0.2, 0.25) is 0 Å². The van der Waals surface area contributed by atoms with Gasteiger partial charge in [0.1, 0.15) is 11.4 Å². The molecule has 0 spiro atoms. The molecule has 2 amide bonds. The zero-order valence-electron chi connectivity index (χ0n) is 15.4. The molecule has 0 saturated carbocycles. The number of hydrogen-bond donors (Lipinski definition) is 2. The van der Waals surface area contributed by atoms with Gasteiger partial charge in [-0.25, -0.2) is 9.78 Å². The normalized spacial score (nSPS) is 11.3. The average Bonchev–Trinajstić information content (AvgIpc) is 3.13. The number of urea groups is 1. The van der Waals surface area contributed by atoms with Crippen molar-refractivity contribution >= 4 is 23.1 Å². The van der Waals surface area contributed by atoms with Gasteiger partial charge in [-0.3, -0.25) is 0 Å². The van der Waals surface area contributed by atoms with Crippen LogP contribution in [-0.4, -0.2) is 21.8 Å². The van der Waals surface area contributed by atoms with Crippen molar-refractivity contribution in [2.75, 3.05) is 10.6 Å². The Kier molecular flexibility index (Phi) is 5.01. The van der Waals surface area contributed by atoms with E-state index < -0.39 is 12.4 Å². The fourth-order valence-corrected chi connectivity index (χ4v) is 2.86. The third-order valence-electron chi connectivity index (χ3n) is 4.13. The van der Waals surface area contributed by atoms with E-state index in [0.29, 0.717) is 11.4 Å². The molecule has 0 radical (unpaired) electrons. The van der Waals surface area contributed by atoms with Crippen LogP contribution in [0.15, 0.2) is 79.1 Å². The summed E-state index contributed by atoms with van der Waals surface area (Å²) in [6.45, 7) is 0. The molecule has 4 rings (SSSR count). The van der Waals surface area contributed by atoms with Gasteiger partial charge in [0.2, 0.25) is 0 Å². The van der Waals surface area contributed by atoms with Crippen molar-refractivity contribution in [3.8, 4) is 17.0 Å². The molecule has 2 aromatic carbocycles. The number of halogens is 3. The minimum atomic E-state index is -4.77. The number of alkyl halides is 3. The number of nitrogens with zero attached hydrogens (tertiary/aromatic N) is 2. The zero-order chi connectivity index (χ0) is 21.1. The van der Waals surface area contributed by atoms with Gasteiger partial charge in [-0.05, 0) is 48.5 Å². The molecule has 2 aromatic heterocycles. The van der Waals surface area contributed by atoms with E-state index in [1.807, 2.05) is 41.1 Å². The summed E-state index contributed by atoms with van der Waals surface area (Å²) in [4.78, 5) is 16.8. The molecule has 4 aromatic rings. The first kappa shape index (κ1) is 19.3. The fraction of sp³-hybridized carbons (Fsp3) is 0.0476. The maximum absolute atomic E-state index is 12.2. The van der Waals surface area contributed by atoms with Gasteiger partial charge in [-0.1, -0.05) is 18.2 Å². The maximum atomic E-state index is 12.2. The summed E-state index contributed by atoms with van der Waals surface area (Å²) in [7, 11) is 0. The van der Waals surface area contributed by atoms with E-state index in [4.69, 9.17) is 0 Å². The smallest absolute Gasteiger partial charge is 0.406 e. The van der Waals surface area contributed by atoms with Gasteiger partial charge in [0.05, 0.1) is 5.69 Å². The number of benzene rings is 2. The van der Waals surface area contributed by atoms with Crippen LogP contribution in [-0.2, 0) is 0 Å². The first-order chi connectivity index (χ1) is 14.4. The molecule has 2 heterocycles. The van der Waals surface area contributed by atoms with E-state index >= 15 is 0 Å². The van der Waals surface area contributed by atoms with Crippen molar-refractivity contribution < 1.29 is 22.7 Å². The van der Waals surface area contributed by atoms with Crippen LogP contribution in [0.3, 0.4) is 0 Å². The van der Waals surface area contributed by atoms with Crippen LogP contribution < -0.4 is 15.4 Å². The summed E-state index contributed by atoms with van der Waals surface area (Å²) >= 11 is 0. The third-order valence-corrected chi connectivity index (χ3v) is 4.13. The summed E-state index contributed by atoms with van der Waals surface area (Å²) in [5.41, 5.74) is 3.25. The van der Waals surface area contributed by atoms with E-state index in [1.165, 1.54) is 12.1 Å². The second-order valence-electron chi connectivity index (χ2n) is 6.32. The number of rotatable bonds is 4. The van der Waals surface area contributed by atoms with Crippen molar-refractivity contribution in [2.24, 2.45) is 0 Å². The second-order valence-corrected chi connectivity index (χ2v) is 6.32. The number of amides is 2. The Hall–Kier alpha value is -4.01. The summed E-state index contributed by atoms with van der Waals surface area (Å²) < 4.78 is 42.3. The minimum Gasteiger partial charge on any atom is -0.406 e. The zero-order valence-corrected chi connectivity index (χ0v) is 15.4. The van der Waals surface area contributed by atoms with Gasteiger partial charge < -0.3 is 19.8 Å². The molecule has 0 bridgehead atoms. The van der Waals surface area contributed by atoms with Gasteiger partial charge in [0.25, 0.3) is 0 Å². The third kappa shape index (κ3) is 4.69. The first-order valence-electron chi connectivity index (χ1n) is 8.84. The van der Waals surface area contributed by atoms with Crippen molar-refractivity contribution in [1.29, 1.82) is 0 Å². The number of anilines is 2. The molecule has 0 fully saturated rings. The molecule has 152 valence electrons. The number of carbonyl (C=O) groups excluding carboxylic acids is 1. The first-order valence-corrected chi connectivity index (χ1v) is 8.84. The van der Waals surface area contributed by atoms with Gasteiger partial charge >= 0.3 is 12.4 Å². The standard InChI is InChI=1S/C21H15F3N4O2/c22-21(23,24)30-17-9-7-15(8-10-17)25-20(29)26-16-5-3-4-14(12-16)18-13-28-11-2-1-6-19(28)27-18/h1-13H,(H2,25,26,29). The highest BCUT2D eigenvalue weighted by molar-refractivity contribution is 6.00. The molecule has 0 unspecified atom stereocenters. The van der Waals surface area contributed by atoms with Crippen molar-refractivity contribution in [3.05, 3.63) is 79.1 Å². The molecule has 0 atom stereocenters. The van der Waals surface area contributed by atoms with Gasteiger partial charge in [-0.2, -0.15) is 0 Å². The van der Waals surface area contributed by atoms with Crippen molar-refractivity contribution in [1.82, 2.24) is 9.38 Å². The molecule has 0 aliphatic carbocycles. The summed E-state index contributed by atoms with van der Waals surface area (Å²) in [6, 6.07) is 17.2. The predicted molar refractivity (Wildman–Crippen MR) is 106 cm³/mol. The molecular weight excluding hydrogens is 397 g/mol. The number of carbonyl (C=O) groups is 1. The number of fused-ring (bicyclic) bond motifs is 1. The van der Waals surface area contributed by atoms with Gasteiger partial charge in [0, 0.05) is 29.3 Å². The number of ether oxygens (including phenoxy) is 1. The molecule has 6 nitrogen and oxygen atoms in total. The Labute approximate surface area is 168 Å². The number of nitrogens with one attached hydrogen (secondary N) is 2. The van der Waals surface area contributed by atoms with E-state index in [2.05, 4.69) is 20.4 Å². The van der Waals surface area contributed by atoms with E-state index in [-0.39, 0.29) is 5.75 Å². The topological polar surface area (TPSA) is 67.7 Å². The lowest BCUT2D eigenvalue weighted by Gasteiger charge is -2.11. The van der Waals surface area contributed by atoms with Crippen LogP contribution >= 0.6 is 0 Å². The van der Waals surface area contributed by atoms with Crippen LogP contribution in [0.5, 0.6) is 5.75 Å². The fourth-order valence-electron chi connectivity index (χ4n) is 2.86. The second kappa shape index (κ2) is 7.78. The SMILES string of the molecule is O=C(Nc1ccc(OC(F)(F)F)cc1)Nc1cccc(-c2cn3ccccc3n2)c1. The van der Waals surface area contributed by atoms with Crippen LogP contribution in [0.4, 0.5) is 29.3 Å². The Morgan fingerprint density at radius 2 is 1.70 bits per heavy atom. The average molecular weight is 412 g/mol. The van der Waals surface area contributed by atoms with E-state index in [0.717, 1.165) is 29.0 Å². The Morgan fingerprint density at radius 1 is 0.933 bits per heavy atom. The monoisotopic (exact) mass is 412 g/mol. The molecule has 0 aliphatic rings. The van der Waals surface area contributed by atoms with Gasteiger partial charge in [-0.15, -0.1) is 13.2 Å². The maximum Gasteiger partial charge on any atom is 0.573 e. The highest BCUT2D eigenvalue weighted by Gasteiger charge is 2.30.